The average molecular weight is 179 g/mol. The SMILES string of the molecule is NC(c1ccccc1)C1OCCO1. The normalized spacial score (nSPS) is 20.4. The predicted molar refractivity (Wildman–Crippen MR) is 49.1 cm³/mol. The fraction of sp³-hybridized carbons (Fsp3) is 0.400. The molecule has 1 aliphatic heterocycles. The Hall–Kier alpha value is -0.900. The third-order valence-corrected chi connectivity index (χ3v) is 2.13. The van der Waals surface area contributed by atoms with E-state index in [9.17, 15) is 0 Å². The van der Waals surface area contributed by atoms with Crippen LogP contribution in [-0.4, -0.2) is 19.5 Å². The zero-order valence-electron chi connectivity index (χ0n) is 7.35. The van der Waals surface area contributed by atoms with Crippen LogP contribution in [0.25, 0.3) is 0 Å². The summed E-state index contributed by atoms with van der Waals surface area (Å²) >= 11 is 0. The summed E-state index contributed by atoms with van der Waals surface area (Å²) in [5.41, 5.74) is 7.00. The summed E-state index contributed by atoms with van der Waals surface area (Å²) in [5, 5.41) is 0. The fourth-order valence-electron chi connectivity index (χ4n) is 1.42. The van der Waals surface area contributed by atoms with E-state index in [1.807, 2.05) is 30.3 Å². The summed E-state index contributed by atoms with van der Waals surface area (Å²) in [5.74, 6) is 0. The van der Waals surface area contributed by atoms with Crippen LogP contribution in [0, 0.1) is 0 Å². The summed E-state index contributed by atoms with van der Waals surface area (Å²) < 4.78 is 10.6. The van der Waals surface area contributed by atoms with Crippen LogP contribution in [0.15, 0.2) is 30.3 Å². The van der Waals surface area contributed by atoms with E-state index in [-0.39, 0.29) is 12.3 Å². The van der Waals surface area contributed by atoms with Crippen molar-refractivity contribution in [3.8, 4) is 0 Å². The molecule has 1 fully saturated rings. The summed E-state index contributed by atoms with van der Waals surface area (Å²) in [7, 11) is 0. The predicted octanol–water partition coefficient (Wildman–Crippen LogP) is 1.06. The maximum absolute atomic E-state index is 5.95. The molecule has 0 radical (unpaired) electrons. The van der Waals surface area contributed by atoms with E-state index < -0.39 is 0 Å². The molecule has 0 spiro atoms. The molecule has 0 aliphatic carbocycles. The second-order valence-electron chi connectivity index (χ2n) is 3.05. The van der Waals surface area contributed by atoms with E-state index in [0.717, 1.165) is 5.56 Å². The minimum atomic E-state index is -0.276. The lowest BCUT2D eigenvalue weighted by molar-refractivity contribution is -0.0597. The van der Waals surface area contributed by atoms with Crippen molar-refractivity contribution in [3.05, 3.63) is 35.9 Å². The zero-order chi connectivity index (χ0) is 9.10. The number of hydrogen-bond acceptors (Lipinski definition) is 3. The Labute approximate surface area is 77.5 Å². The lowest BCUT2D eigenvalue weighted by Gasteiger charge is -2.17. The fourth-order valence-corrected chi connectivity index (χ4v) is 1.42. The maximum atomic E-state index is 5.95. The van der Waals surface area contributed by atoms with Crippen LogP contribution < -0.4 is 5.73 Å². The molecule has 1 aromatic carbocycles. The van der Waals surface area contributed by atoms with Crippen LogP contribution in [0.4, 0.5) is 0 Å². The number of rotatable bonds is 2. The highest BCUT2D eigenvalue weighted by molar-refractivity contribution is 5.19. The Morgan fingerprint density at radius 3 is 2.38 bits per heavy atom. The van der Waals surface area contributed by atoms with Crippen LogP contribution in [0.5, 0.6) is 0 Å². The van der Waals surface area contributed by atoms with Gasteiger partial charge in [-0.15, -0.1) is 0 Å². The van der Waals surface area contributed by atoms with Crippen molar-refractivity contribution in [2.45, 2.75) is 12.3 Å². The van der Waals surface area contributed by atoms with Crippen LogP contribution in [0.1, 0.15) is 11.6 Å². The third-order valence-electron chi connectivity index (χ3n) is 2.13. The van der Waals surface area contributed by atoms with E-state index in [4.69, 9.17) is 15.2 Å². The van der Waals surface area contributed by atoms with Gasteiger partial charge in [0, 0.05) is 0 Å². The Balaban J connectivity index is 2.08. The molecule has 2 rings (SSSR count). The van der Waals surface area contributed by atoms with Gasteiger partial charge >= 0.3 is 0 Å². The number of benzene rings is 1. The van der Waals surface area contributed by atoms with Crippen molar-refractivity contribution >= 4 is 0 Å². The van der Waals surface area contributed by atoms with Crippen molar-refractivity contribution in [1.29, 1.82) is 0 Å². The zero-order valence-corrected chi connectivity index (χ0v) is 7.35. The van der Waals surface area contributed by atoms with E-state index in [0.29, 0.717) is 13.2 Å². The van der Waals surface area contributed by atoms with Gasteiger partial charge in [-0.2, -0.15) is 0 Å². The Bertz CT molecular complexity index is 257. The molecule has 3 nitrogen and oxygen atoms in total. The molecule has 0 saturated carbocycles. The minimum absolute atomic E-state index is 0.177. The van der Waals surface area contributed by atoms with Crippen molar-refractivity contribution in [1.82, 2.24) is 0 Å². The molecule has 13 heavy (non-hydrogen) atoms. The first-order valence-corrected chi connectivity index (χ1v) is 4.41. The van der Waals surface area contributed by atoms with Gasteiger partial charge in [0.15, 0.2) is 6.29 Å². The molecule has 2 N–H and O–H groups in total. The van der Waals surface area contributed by atoms with Gasteiger partial charge < -0.3 is 15.2 Å². The Morgan fingerprint density at radius 1 is 1.15 bits per heavy atom. The van der Waals surface area contributed by atoms with E-state index >= 15 is 0 Å². The van der Waals surface area contributed by atoms with Gasteiger partial charge in [-0.3, -0.25) is 0 Å². The summed E-state index contributed by atoms with van der Waals surface area (Å²) in [4.78, 5) is 0. The van der Waals surface area contributed by atoms with Gasteiger partial charge in [-0.25, -0.2) is 0 Å². The molecule has 1 atom stereocenters. The maximum Gasteiger partial charge on any atom is 0.176 e. The lowest BCUT2D eigenvalue weighted by atomic mass is 10.1. The quantitative estimate of drug-likeness (QED) is 0.738. The van der Waals surface area contributed by atoms with Gasteiger partial charge in [-0.05, 0) is 5.56 Å². The third kappa shape index (κ3) is 1.88. The molecule has 1 unspecified atom stereocenters. The van der Waals surface area contributed by atoms with Crippen LogP contribution >= 0.6 is 0 Å². The van der Waals surface area contributed by atoms with Crippen molar-refractivity contribution < 1.29 is 9.47 Å². The molecule has 1 aromatic rings. The summed E-state index contributed by atoms with van der Waals surface area (Å²) in [6.07, 6.45) is -0.276. The average Bonchev–Trinajstić information content (AvgIpc) is 2.71. The first-order valence-electron chi connectivity index (χ1n) is 4.41. The van der Waals surface area contributed by atoms with Crippen molar-refractivity contribution in [2.24, 2.45) is 5.73 Å². The van der Waals surface area contributed by atoms with Crippen LogP contribution in [-0.2, 0) is 9.47 Å². The molecule has 1 aliphatic rings. The van der Waals surface area contributed by atoms with Crippen molar-refractivity contribution in [3.63, 3.8) is 0 Å². The molecular weight excluding hydrogens is 166 g/mol. The summed E-state index contributed by atoms with van der Waals surface area (Å²) in [6, 6.07) is 9.68. The molecule has 0 bridgehead atoms. The topological polar surface area (TPSA) is 44.5 Å². The van der Waals surface area contributed by atoms with Crippen molar-refractivity contribution in [2.75, 3.05) is 13.2 Å². The first kappa shape index (κ1) is 8.69. The minimum Gasteiger partial charge on any atom is -0.348 e. The molecule has 1 saturated heterocycles. The van der Waals surface area contributed by atoms with E-state index in [2.05, 4.69) is 0 Å². The second kappa shape index (κ2) is 3.87. The molecule has 3 heteroatoms. The summed E-state index contributed by atoms with van der Waals surface area (Å²) in [6.45, 7) is 1.29. The monoisotopic (exact) mass is 179 g/mol. The molecule has 0 amide bonds. The van der Waals surface area contributed by atoms with Crippen LogP contribution in [0.2, 0.25) is 0 Å². The molecule has 70 valence electrons. The number of nitrogens with two attached hydrogens (primary N) is 1. The van der Waals surface area contributed by atoms with E-state index in [1.165, 1.54) is 0 Å². The molecule has 0 aromatic heterocycles. The second-order valence-corrected chi connectivity index (χ2v) is 3.05. The highest BCUT2D eigenvalue weighted by Gasteiger charge is 2.24. The van der Waals surface area contributed by atoms with E-state index in [1.54, 1.807) is 0 Å². The van der Waals surface area contributed by atoms with Gasteiger partial charge in [0.1, 0.15) is 0 Å². The van der Waals surface area contributed by atoms with Gasteiger partial charge in [0.05, 0.1) is 19.3 Å². The molecule has 1 heterocycles. The van der Waals surface area contributed by atoms with Gasteiger partial charge in [-0.1, -0.05) is 30.3 Å². The van der Waals surface area contributed by atoms with Crippen LogP contribution in [0.3, 0.4) is 0 Å². The number of hydrogen-bond donors (Lipinski definition) is 1. The highest BCUT2D eigenvalue weighted by Crippen LogP contribution is 2.20. The smallest absolute Gasteiger partial charge is 0.176 e. The highest BCUT2D eigenvalue weighted by atomic mass is 16.7. The number of ether oxygens (including phenoxy) is 2. The first-order chi connectivity index (χ1) is 6.38. The largest absolute Gasteiger partial charge is 0.348 e. The Morgan fingerprint density at radius 2 is 1.77 bits per heavy atom. The lowest BCUT2D eigenvalue weighted by Crippen LogP contribution is -2.26. The van der Waals surface area contributed by atoms with Gasteiger partial charge in [0.2, 0.25) is 0 Å². The molecular formula is C10H13NO2. The van der Waals surface area contributed by atoms with Gasteiger partial charge in [0.25, 0.3) is 0 Å². The standard InChI is InChI=1S/C10H13NO2/c11-9(10-12-6-7-13-10)8-4-2-1-3-5-8/h1-5,9-10H,6-7,11H2. The Kier molecular flexibility index (Phi) is 2.59.